The van der Waals surface area contributed by atoms with Gasteiger partial charge in [0.05, 0.1) is 0 Å². The number of ketones is 1. The maximum Gasteiger partial charge on any atom is 0.167 e. The molecule has 0 saturated carbocycles. The summed E-state index contributed by atoms with van der Waals surface area (Å²) in [6.07, 6.45) is -0.0407. The van der Waals surface area contributed by atoms with Crippen molar-refractivity contribution in [1.82, 2.24) is 0 Å². The highest BCUT2D eigenvalue weighted by molar-refractivity contribution is 9.10. The van der Waals surface area contributed by atoms with Crippen LogP contribution in [-0.2, 0) is 6.42 Å². The third kappa shape index (κ3) is 3.23. The summed E-state index contributed by atoms with van der Waals surface area (Å²) in [5.74, 6) is -0.611. The van der Waals surface area contributed by atoms with E-state index in [-0.39, 0.29) is 22.8 Å². The van der Waals surface area contributed by atoms with Crippen molar-refractivity contribution in [3.05, 3.63) is 68.4 Å². The predicted octanol–water partition coefficient (Wildman–Crippen LogP) is 4.98. The molecule has 0 aromatic heterocycles. The molecule has 98 valence electrons. The molecule has 2 aromatic carbocycles. The highest BCUT2D eigenvalue weighted by atomic mass is 79.9. The Morgan fingerprint density at radius 3 is 2.68 bits per heavy atom. The first-order chi connectivity index (χ1) is 8.99. The van der Waals surface area contributed by atoms with Gasteiger partial charge in [0, 0.05) is 27.0 Å². The Morgan fingerprint density at radius 1 is 1.32 bits per heavy atom. The lowest BCUT2D eigenvalue weighted by molar-refractivity contribution is 0.0992. The van der Waals surface area contributed by atoms with Crippen molar-refractivity contribution in [2.45, 2.75) is 13.3 Å². The number of rotatable bonds is 3. The average molecular weight is 342 g/mol. The molecule has 0 radical (unpaired) electrons. The SMILES string of the molecule is Cc1ccc(C(=O)Cc2c(F)cccc2Cl)cc1Br. The van der Waals surface area contributed by atoms with Gasteiger partial charge in [-0.1, -0.05) is 45.7 Å². The van der Waals surface area contributed by atoms with Crippen LogP contribution >= 0.6 is 27.5 Å². The van der Waals surface area contributed by atoms with E-state index in [2.05, 4.69) is 15.9 Å². The normalized spacial score (nSPS) is 10.5. The summed E-state index contributed by atoms with van der Waals surface area (Å²) in [4.78, 5) is 12.1. The molecule has 0 aliphatic carbocycles. The van der Waals surface area contributed by atoms with Gasteiger partial charge in [0.2, 0.25) is 0 Å². The van der Waals surface area contributed by atoms with Crippen LogP contribution in [-0.4, -0.2) is 5.78 Å². The first-order valence-electron chi connectivity index (χ1n) is 5.71. The number of benzene rings is 2. The maximum atomic E-state index is 13.6. The summed E-state index contributed by atoms with van der Waals surface area (Å²) >= 11 is 9.29. The standard InChI is InChI=1S/C15H11BrClFO/c1-9-5-6-10(7-12(9)16)15(19)8-11-13(17)3-2-4-14(11)18/h2-7H,8H2,1H3. The van der Waals surface area contributed by atoms with E-state index in [9.17, 15) is 9.18 Å². The Balaban J connectivity index is 2.28. The van der Waals surface area contributed by atoms with Crippen molar-refractivity contribution in [2.75, 3.05) is 0 Å². The van der Waals surface area contributed by atoms with Crippen LogP contribution < -0.4 is 0 Å². The lowest BCUT2D eigenvalue weighted by Gasteiger charge is -2.06. The van der Waals surface area contributed by atoms with Crippen LogP contribution in [0.25, 0.3) is 0 Å². The molecule has 0 atom stereocenters. The van der Waals surface area contributed by atoms with E-state index in [1.165, 1.54) is 12.1 Å². The van der Waals surface area contributed by atoms with Gasteiger partial charge in [-0.05, 0) is 30.7 Å². The maximum absolute atomic E-state index is 13.6. The molecule has 0 bridgehead atoms. The van der Waals surface area contributed by atoms with Crippen LogP contribution in [0.2, 0.25) is 5.02 Å². The zero-order chi connectivity index (χ0) is 14.0. The summed E-state index contributed by atoms with van der Waals surface area (Å²) in [6, 6.07) is 9.73. The van der Waals surface area contributed by atoms with Crippen LogP contribution in [0.3, 0.4) is 0 Å². The molecule has 0 fully saturated rings. The number of hydrogen-bond donors (Lipinski definition) is 0. The molecular weight excluding hydrogens is 331 g/mol. The third-order valence-corrected chi connectivity index (χ3v) is 4.10. The molecule has 19 heavy (non-hydrogen) atoms. The van der Waals surface area contributed by atoms with Crippen LogP contribution in [0.5, 0.6) is 0 Å². The largest absolute Gasteiger partial charge is 0.294 e. The molecule has 0 heterocycles. The topological polar surface area (TPSA) is 17.1 Å². The monoisotopic (exact) mass is 340 g/mol. The van der Waals surface area contributed by atoms with Gasteiger partial charge in [-0.3, -0.25) is 4.79 Å². The Labute approximate surface area is 124 Å². The highest BCUT2D eigenvalue weighted by Gasteiger charge is 2.14. The highest BCUT2D eigenvalue weighted by Crippen LogP contribution is 2.23. The average Bonchev–Trinajstić information content (AvgIpc) is 2.37. The lowest BCUT2D eigenvalue weighted by atomic mass is 10.0. The summed E-state index contributed by atoms with van der Waals surface area (Å²) in [6.45, 7) is 1.94. The quantitative estimate of drug-likeness (QED) is 0.720. The first kappa shape index (κ1) is 14.2. The summed E-state index contributed by atoms with van der Waals surface area (Å²) < 4.78 is 14.5. The van der Waals surface area contributed by atoms with Crippen LogP contribution in [0.4, 0.5) is 4.39 Å². The Morgan fingerprint density at radius 2 is 2.05 bits per heavy atom. The molecule has 0 N–H and O–H groups in total. The van der Waals surface area contributed by atoms with Crippen molar-refractivity contribution in [3.8, 4) is 0 Å². The van der Waals surface area contributed by atoms with Gasteiger partial charge in [0.1, 0.15) is 5.82 Å². The minimum Gasteiger partial charge on any atom is -0.294 e. The van der Waals surface area contributed by atoms with Gasteiger partial charge >= 0.3 is 0 Å². The van der Waals surface area contributed by atoms with Crippen LogP contribution in [0, 0.1) is 12.7 Å². The van der Waals surface area contributed by atoms with E-state index in [0.717, 1.165) is 10.0 Å². The van der Waals surface area contributed by atoms with Crippen LogP contribution in [0.1, 0.15) is 21.5 Å². The molecule has 0 saturated heterocycles. The number of halogens is 3. The van der Waals surface area contributed by atoms with E-state index in [1.54, 1.807) is 18.2 Å². The molecule has 0 unspecified atom stereocenters. The van der Waals surface area contributed by atoms with Crippen LogP contribution in [0.15, 0.2) is 40.9 Å². The smallest absolute Gasteiger partial charge is 0.167 e. The molecule has 0 aliphatic heterocycles. The fraction of sp³-hybridized carbons (Fsp3) is 0.133. The zero-order valence-corrected chi connectivity index (χ0v) is 12.6. The fourth-order valence-corrected chi connectivity index (χ4v) is 2.34. The van der Waals surface area contributed by atoms with Gasteiger partial charge in [0.25, 0.3) is 0 Å². The molecule has 0 aliphatic rings. The van der Waals surface area contributed by atoms with Crippen molar-refractivity contribution >= 4 is 33.3 Å². The van der Waals surface area contributed by atoms with E-state index < -0.39 is 5.82 Å². The molecule has 2 rings (SSSR count). The number of aryl methyl sites for hydroxylation is 1. The van der Waals surface area contributed by atoms with Crippen molar-refractivity contribution in [2.24, 2.45) is 0 Å². The van der Waals surface area contributed by atoms with E-state index >= 15 is 0 Å². The first-order valence-corrected chi connectivity index (χ1v) is 6.88. The molecule has 0 amide bonds. The molecule has 0 spiro atoms. The predicted molar refractivity (Wildman–Crippen MR) is 78.3 cm³/mol. The van der Waals surface area contributed by atoms with Gasteiger partial charge < -0.3 is 0 Å². The Kier molecular flexibility index (Phi) is 4.38. The minimum absolute atomic E-state index is 0.0407. The van der Waals surface area contributed by atoms with E-state index in [1.807, 2.05) is 13.0 Å². The van der Waals surface area contributed by atoms with Gasteiger partial charge in [0.15, 0.2) is 5.78 Å². The van der Waals surface area contributed by atoms with Gasteiger partial charge in [-0.25, -0.2) is 4.39 Å². The second-order valence-electron chi connectivity index (χ2n) is 4.26. The van der Waals surface area contributed by atoms with Crippen molar-refractivity contribution in [3.63, 3.8) is 0 Å². The summed E-state index contributed by atoms with van der Waals surface area (Å²) in [7, 11) is 0. The second-order valence-corrected chi connectivity index (χ2v) is 5.53. The Hall–Kier alpha value is -1.19. The molecule has 1 nitrogen and oxygen atoms in total. The third-order valence-electron chi connectivity index (χ3n) is 2.89. The molecule has 2 aromatic rings. The minimum atomic E-state index is -0.452. The fourth-order valence-electron chi connectivity index (χ4n) is 1.73. The summed E-state index contributed by atoms with van der Waals surface area (Å²) in [5.41, 5.74) is 1.82. The number of carbonyl (C=O) groups is 1. The van der Waals surface area contributed by atoms with E-state index in [4.69, 9.17) is 11.6 Å². The number of Topliss-reactive ketones (excluding diaryl/α,β-unsaturated/α-hetero) is 1. The van der Waals surface area contributed by atoms with Crippen molar-refractivity contribution < 1.29 is 9.18 Å². The van der Waals surface area contributed by atoms with Crippen molar-refractivity contribution in [1.29, 1.82) is 0 Å². The lowest BCUT2D eigenvalue weighted by Crippen LogP contribution is -2.06. The van der Waals surface area contributed by atoms with Gasteiger partial charge in [-0.15, -0.1) is 0 Å². The van der Waals surface area contributed by atoms with E-state index in [0.29, 0.717) is 5.56 Å². The Bertz CT molecular complexity index is 620. The van der Waals surface area contributed by atoms with Gasteiger partial charge in [-0.2, -0.15) is 0 Å². The number of carbonyl (C=O) groups excluding carboxylic acids is 1. The molecular formula is C15H11BrClFO. The molecule has 4 heteroatoms. The number of hydrogen-bond acceptors (Lipinski definition) is 1. The summed E-state index contributed by atoms with van der Waals surface area (Å²) in [5, 5.41) is 0.277. The zero-order valence-electron chi connectivity index (χ0n) is 10.2. The second kappa shape index (κ2) is 5.85.